The largest absolute Gasteiger partial charge is 0.507 e. The number of benzene rings is 1. The van der Waals surface area contributed by atoms with Gasteiger partial charge in [0.15, 0.2) is 0 Å². The third-order valence-electron chi connectivity index (χ3n) is 2.78. The van der Waals surface area contributed by atoms with Gasteiger partial charge in [0.2, 0.25) is 5.91 Å². The van der Waals surface area contributed by atoms with Gasteiger partial charge in [-0.3, -0.25) is 4.79 Å². The number of hydrogen-bond donors (Lipinski definition) is 2. The number of aromatic hydroxyl groups is 1. The summed E-state index contributed by atoms with van der Waals surface area (Å²) in [4.78, 5) is 13.2. The molecule has 0 heterocycles. The third-order valence-corrected chi connectivity index (χ3v) is 2.78. The topological polar surface area (TPSA) is 61.8 Å². The third kappa shape index (κ3) is 3.92. The van der Waals surface area contributed by atoms with E-state index in [9.17, 15) is 9.90 Å². The van der Waals surface area contributed by atoms with Crippen LogP contribution in [0, 0.1) is 0 Å². The zero-order valence-corrected chi connectivity index (χ0v) is 11.1. The van der Waals surface area contributed by atoms with Gasteiger partial charge in [0.05, 0.1) is 13.7 Å². The molecule has 100 valence electrons. The van der Waals surface area contributed by atoms with E-state index < -0.39 is 0 Å². The summed E-state index contributed by atoms with van der Waals surface area (Å²) in [5.41, 5.74) is 0.739. The zero-order valence-electron chi connectivity index (χ0n) is 11.1. The number of hydrogen-bond acceptors (Lipinski definition) is 4. The molecular weight excluding hydrogens is 232 g/mol. The highest BCUT2D eigenvalue weighted by molar-refractivity contribution is 5.77. The van der Waals surface area contributed by atoms with Crippen molar-refractivity contribution in [3.8, 4) is 11.5 Å². The number of likely N-dealkylation sites (N-methyl/N-ethyl adjacent to an activating group) is 1. The number of phenolic OH excluding ortho intramolecular Hbond substituents is 1. The molecule has 2 N–H and O–H groups in total. The van der Waals surface area contributed by atoms with Crippen LogP contribution in [-0.4, -0.2) is 43.2 Å². The summed E-state index contributed by atoms with van der Waals surface area (Å²) in [5.74, 6) is 0.807. The number of carbonyl (C=O) groups is 1. The van der Waals surface area contributed by atoms with Crippen LogP contribution in [0.5, 0.6) is 11.5 Å². The molecule has 0 fully saturated rings. The average Bonchev–Trinajstić information content (AvgIpc) is 2.39. The second-order valence-corrected chi connectivity index (χ2v) is 4.01. The molecule has 0 radical (unpaired) electrons. The summed E-state index contributed by atoms with van der Waals surface area (Å²) in [6, 6.07) is 5.10. The number of methoxy groups -OCH3 is 1. The maximum atomic E-state index is 11.5. The highest BCUT2D eigenvalue weighted by Gasteiger charge is 2.07. The monoisotopic (exact) mass is 252 g/mol. The van der Waals surface area contributed by atoms with Crippen LogP contribution in [0.3, 0.4) is 0 Å². The van der Waals surface area contributed by atoms with Crippen molar-refractivity contribution in [1.29, 1.82) is 0 Å². The van der Waals surface area contributed by atoms with Gasteiger partial charge in [0, 0.05) is 31.8 Å². The number of carbonyl (C=O) groups excluding carboxylic acids is 1. The van der Waals surface area contributed by atoms with Crippen molar-refractivity contribution in [2.24, 2.45) is 0 Å². The molecule has 0 aromatic heterocycles. The van der Waals surface area contributed by atoms with Crippen LogP contribution in [0.4, 0.5) is 0 Å². The van der Waals surface area contributed by atoms with E-state index in [1.54, 1.807) is 37.3 Å². The zero-order chi connectivity index (χ0) is 13.5. The van der Waals surface area contributed by atoms with E-state index >= 15 is 0 Å². The SMILES string of the molecule is CCN(C)C(=O)CNCc1ccc(OC)cc1O. The van der Waals surface area contributed by atoms with Crippen LogP contribution >= 0.6 is 0 Å². The molecule has 0 spiro atoms. The van der Waals surface area contributed by atoms with Crippen LogP contribution in [0.15, 0.2) is 18.2 Å². The fourth-order valence-electron chi connectivity index (χ4n) is 1.44. The van der Waals surface area contributed by atoms with E-state index in [1.165, 1.54) is 0 Å². The van der Waals surface area contributed by atoms with E-state index in [2.05, 4.69) is 5.32 Å². The molecule has 0 aliphatic heterocycles. The van der Waals surface area contributed by atoms with Gasteiger partial charge in [-0.15, -0.1) is 0 Å². The first-order valence-electron chi connectivity index (χ1n) is 5.89. The van der Waals surface area contributed by atoms with Gasteiger partial charge in [-0.2, -0.15) is 0 Å². The Balaban J connectivity index is 2.47. The van der Waals surface area contributed by atoms with Gasteiger partial charge >= 0.3 is 0 Å². The molecule has 0 saturated carbocycles. The summed E-state index contributed by atoms with van der Waals surface area (Å²) in [7, 11) is 3.31. The molecule has 0 atom stereocenters. The lowest BCUT2D eigenvalue weighted by Crippen LogP contribution is -2.35. The summed E-state index contributed by atoms with van der Waals surface area (Å²) >= 11 is 0. The normalized spacial score (nSPS) is 10.2. The first kappa shape index (κ1) is 14.3. The van der Waals surface area contributed by atoms with Crippen molar-refractivity contribution in [2.45, 2.75) is 13.5 Å². The molecular formula is C13H20N2O3. The molecule has 5 nitrogen and oxygen atoms in total. The minimum absolute atomic E-state index is 0.0329. The first-order chi connectivity index (χ1) is 8.58. The molecule has 0 aliphatic rings. The quantitative estimate of drug-likeness (QED) is 0.792. The van der Waals surface area contributed by atoms with Gasteiger partial charge in [-0.1, -0.05) is 6.07 Å². The van der Waals surface area contributed by atoms with Crippen LogP contribution in [0.1, 0.15) is 12.5 Å². The molecule has 0 unspecified atom stereocenters. The van der Waals surface area contributed by atoms with Crippen molar-refractivity contribution in [2.75, 3.05) is 27.2 Å². The number of amides is 1. The van der Waals surface area contributed by atoms with Crippen molar-refractivity contribution in [3.05, 3.63) is 23.8 Å². The second kappa shape index (κ2) is 6.86. The Morgan fingerprint density at radius 3 is 2.78 bits per heavy atom. The standard InChI is InChI=1S/C13H20N2O3/c1-4-15(2)13(17)9-14-8-10-5-6-11(18-3)7-12(10)16/h5-7,14,16H,4,8-9H2,1-3H3. The van der Waals surface area contributed by atoms with E-state index in [1.807, 2.05) is 6.92 Å². The highest BCUT2D eigenvalue weighted by atomic mass is 16.5. The molecule has 18 heavy (non-hydrogen) atoms. The van der Waals surface area contributed by atoms with E-state index in [0.29, 0.717) is 18.8 Å². The predicted octanol–water partition coefficient (Wildman–Crippen LogP) is 0.969. The fourth-order valence-corrected chi connectivity index (χ4v) is 1.44. The average molecular weight is 252 g/mol. The first-order valence-corrected chi connectivity index (χ1v) is 5.89. The number of phenols is 1. The number of nitrogens with one attached hydrogen (secondary N) is 1. The fraction of sp³-hybridized carbons (Fsp3) is 0.462. The molecule has 1 amide bonds. The Hall–Kier alpha value is -1.75. The molecule has 1 aromatic rings. The lowest BCUT2D eigenvalue weighted by molar-refractivity contribution is -0.128. The Morgan fingerprint density at radius 2 is 2.22 bits per heavy atom. The van der Waals surface area contributed by atoms with Crippen molar-refractivity contribution in [3.63, 3.8) is 0 Å². The van der Waals surface area contributed by atoms with Gasteiger partial charge < -0.3 is 20.1 Å². The van der Waals surface area contributed by atoms with Gasteiger partial charge in [-0.25, -0.2) is 0 Å². The summed E-state index contributed by atoms with van der Waals surface area (Å²) in [5, 5.41) is 12.7. The molecule has 1 rings (SSSR count). The summed E-state index contributed by atoms with van der Waals surface area (Å²) < 4.78 is 5.00. The second-order valence-electron chi connectivity index (χ2n) is 4.01. The molecule has 5 heteroatoms. The van der Waals surface area contributed by atoms with E-state index in [4.69, 9.17) is 4.74 Å². The number of ether oxygens (including phenoxy) is 1. The van der Waals surface area contributed by atoms with E-state index in [0.717, 1.165) is 5.56 Å². The lowest BCUT2D eigenvalue weighted by Gasteiger charge is -2.15. The molecule has 0 saturated heterocycles. The van der Waals surface area contributed by atoms with Crippen molar-refractivity contribution >= 4 is 5.91 Å². The minimum Gasteiger partial charge on any atom is -0.507 e. The Morgan fingerprint density at radius 1 is 1.50 bits per heavy atom. The maximum Gasteiger partial charge on any atom is 0.236 e. The molecule has 1 aromatic carbocycles. The van der Waals surface area contributed by atoms with Crippen molar-refractivity contribution < 1.29 is 14.6 Å². The summed E-state index contributed by atoms with van der Waals surface area (Å²) in [6.07, 6.45) is 0. The Labute approximate surface area is 107 Å². The Bertz CT molecular complexity index is 407. The predicted molar refractivity (Wildman–Crippen MR) is 69.7 cm³/mol. The van der Waals surface area contributed by atoms with Crippen LogP contribution in [0.25, 0.3) is 0 Å². The summed E-state index contributed by atoms with van der Waals surface area (Å²) in [6.45, 7) is 3.32. The lowest BCUT2D eigenvalue weighted by atomic mass is 10.2. The molecule has 0 aliphatic carbocycles. The van der Waals surface area contributed by atoms with E-state index in [-0.39, 0.29) is 18.2 Å². The van der Waals surface area contributed by atoms with Gasteiger partial charge in [-0.05, 0) is 13.0 Å². The van der Waals surface area contributed by atoms with Crippen LogP contribution in [-0.2, 0) is 11.3 Å². The Kier molecular flexibility index (Phi) is 5.45. The minimum atomic E-state index is 0.0329. The smallest absolute Gasteiger partial charge is 0.236 e. The number of rotatable bonds is 6. The van der Waals surface area contributed by atoms with Gasteiger partial charge in [0.25, 0.3) is 0 Å². The van der Waals surface area contributed by atoms with Crippen molar-refractivity contribution in [1.82, 2.24) is 10.2 Å². The molecule has 0 bridgehead atoms. The van der Waals surface area contributed by atoms with Crippen LogP contribution in [0.2, 0.25) is 0 Å². The maximum absolute atomic E-state index is 11.5. The highest BCUT2D eigenvalue weighted by Crippen LogP contribution is 2.22. The van der Waals surface area contributed by atoms with Gasteiger partial charge in [0.1, 0.15) is 11.5 Å². The van der Waals surface area contributed by atoms with Crippen LogP contribution < -0.4 is 10.1 Å². The number of nitrogens with zero attached hydrogens (tertiary/aromatic N) is 1.